The summed E-state index contributed by atoms with van der Waals surface area (Å²) < 4.78 is 4.06. The minimum Gasteiger partial charge on any atom is -0.388 e. The second kappa shape index (κ2) is 6.62. The molecule has 2 aliphatic rings. The van der Waals surface area contributed by atoms with Gasteiger partial charge in [0.1, 0.15) is 30.4 Å². The molecule has 0 radical (unpaired) electrons. The number of imide groups is 1. The first-order chi connectivity index (χ1) is 11.6. The molecular weight excluding hydrogens is 346 g/mol. The number of carbonyl (C=O) groups excluding carboxylic acids is 4. The van der Waals surface area contributed by atoms with Crippen LogP contribution in [-0.2, 0) is 19.1 Å². The predicted octanol–water partition coefficient (Wildman–Crippen LogP) is -4.70. The minimum atomic E-state index is -3.20. The maximum atomic E-state index is 12.2. The minimum absolute atomic E-state index is 0.293. The summed E-state index contributed by atoms with van der Waals surface area (Å²) in [4.78, 5) is 47.3. The maximum absolute atomic E-state index is 12.2. The van der Waals surface area contributed by atoms with Gasteiger partial charge in [0, 0.05) is 12.8 Å². The van der Waals surface area contributed by atoms with Gasteiger partial charge in [-0.1, -0.05) is 0 Å². The monoisotopic (exact) mass is 363 g/mol. The van der Waals surface area contributed by atoms with Gasteiger partial charge in [-0.3, -0.25) is 14.5 Å². The number of rotatable bonds is 3. The zero-order valence-electron chi connectivity index (χ0n) is 12.6. The van der Waals surface area contributed by atoms with Crippen LogP contribution < -0.4 is 11.2 Å². The summed E-state index contributed by atoms with van der Waals surface area (Å²) in [6.07, 6.45) is -8.66. The molecule has 0 aromatic rings. The van der Waals surface area contributed by atoms with E-state index < -0.39 is 59.9 Å². The standard InChI is InChI=1S/C12H17N3O10/c13-11(22)25-10(21)12(23)8(14-24)6(19)5(18)7(20)9(12)15-3(16)1-2-4(15)17/h5-9,14,18-20,23-24H,1-2H2,(H2,13,22)/t5?,6-,7-,8?,9?,12?/m0/s1. The molecule has 2 fully saturated rings. The molecule has 1 heterocycles. The van der Waals surface area contributed by atoms with Crippen LogP contribution >= 0.6 is 0 Å². The summed E-state index contributed by atoms with van der Waals surface area (Å²) in [6.45, 7) is 0. The number of ether oxygens (including phenoxy) is 1. The van der Waals surface area contributed by atoms with Crippen molar-refractivity contribution in [2.24, 2.45) is 5.73 Å². The molecule has 13 nitrogen and oxygen atoms in total. The highest BCUT2D eigenvalue weighted by Crippen LogP contribution is 2.37. The number of hydrogen-bond acceptors (Lipinski definition) is 11. The summed E-state index contributed by atoms with van der Waals surface area (Å²) in [5.74, 6) is -3.63. The second-order valence-electron chi connectivity index (χ2n) is 5.71. The maximum Gasteiger partial charge on any atom is 0.412 e. The van der Waals surface area contributed by atoms with Gasteiger partial charge in [-0.25, -0.2) is 9.59 Å². The fourth-order valence-electron chi connectivity index (χ4n) is 3.14. The van der Waals surface area contributed by atoms with Gasteiger partial charge in [-0.15, -0.1) is 0 Å². The summed E-state index contributed by atoms with van der Waals surface area (Å²) in [6, 6.07) is -4.30. The first-order valence-corrected chi connectivity index (χ1v) is 7.10. The van der Waals surface area contributed by atoms with Crippen molar-refractivity contribution in [2.45, 2.75) is 48.8 Å². The number of aliphatic hydroxyl groups excluding tert-OH is 3. The zero-order chi connectivity index (χ0) is 19.1. The van der Waals surface area contributed by atoms with Gasteiger partial charge in [0.05, 0.1) is 0 Å². The molecule has 0 bridgehead atoms. The van der Waals surface area contributed by atoms with E-state index in [0.717, 1.165) is 0 Å². The summed E-state index contributed by atoms with van der Waals surface area (Å²) >= 11 is 0. The smallest absolute Gasteiger partial charge is 0.388 e. The number of nitrogens with zero attached hydrogens (tertiary/aromatic N) is 1. The van der Waals surface area contributed by atoms with Crippen LogP contribution in [0.1, 0.15) is 12.8 Å². The normalized spacial score (nSPS) is 38.8. The molecule has 0 aromatic heterocycles. The van der Waals surface area contributed by atoms with Gasteiger partial charge in [-0.05, 0) is 0 Å². The van der Waals surface area contributed by atoms with E-state index in [9.17, 15) is 44.8 Å². The molecule has 25 heavy (non-hydrogen) atoms. The van der Waals surface area contributed by atoms with Crippen LogP contribution in [0, 0.1) is 0 Å². The number of esters is 1. The lowest BCUT2D eigenvalue weighted by atomic mass is 9.71. The van der Waals surface area contributed by atoms with Crippen molar-refractivity contribution in [1.29, 1.82) is 0 Å². The first kappa shape index (κ1) is 19.2. The molecule has 4 unspecified atom stereocenters. The van der Waals surface area contributed by atoms with Crippen LogP contribution in [0.5, 0.6) is 0 Å². The fraction of sp³-hybridized carbons (Fsp3) is 0.667. The average Bonchev–Trinajstić information content (AvgIpc) is 2.85. The van der Waals surface area contributed by atoms with E-state index in [2.05, 4.69) is 4.74 Å². The molecule has 0 aromatic carbocycles. The number of nitrogens with two attached hydrogens (primary N) is 1. The van der Waals surface area contributed by atoms with Gasteiger partial charge in [0.15, 0.2) is 0 Å². The molecule has 1 aliphatic carbocycles. The highest BCUT2D eigenvalue weighted by atomic mass is 16.6. The molecule has 6 atom stereocenters. The van der Waals surface area contributed by atoms with Crippen molar-refractivity contribution in [3.63, 3.8) is 0 Å². The number of primary amides is 1. The molecule has 3 amide bonds. The van der Waals surface area contributed by atoms with Crippen LogP contribution in [0.25, 0.3) is 0 Å². The van der Waals surface area contributed by atoms with E-state index in [-0.39, 0.29) is 12.8 Å². The molecule has 140 valence electrons. The number of aliphatic hydroxyl groups is 4. The lowest BCUT2D eigenvalue weighted by Crippen LogP contribution is -2.80. The van der Waals surface area contributed by atoms with Crippen LogP contribution in [0.4, 0.5) is 4.79 Å². The van der Waals surface area contributed by atoms with E-state index in [1.54, 1.807) is 0 Å². The van der Waals surface area contributed by atoms with Crippen molar-refractivity contribution in [2.75, 3.05) is 0 Å². The number of hydrogen-bond donors (Lipinski definition) is 7. The number of hydroxylamine groups is 1. The van der Waals surface area contributed by atoms with Crippen molar-refractivity contribution >= 4 is 23.9 Å². The Hall–Kier alpha value is -2.16. The summed E-state index contributed by atoms with van der Waals surface area (Å²) in [5.41, 5.74) is 2.86. The molecule has 13 heteroatoms. The number of nitrogens with one attached hydrogen (secondary N) is 1. The first-order valence-electron chi connectivity index (χ1n) is 7.10. The highest BCUT2D eigenvalue weighted by molar-refractivity contribution is 6.03. The van der Waals surface area contributed by atoms with Crippen molar-refractivity contribution in [3.05, 3.63) is 0 Å². The topological polar surface area (TPSA) is 220 Å². The van der Waals surface area contributed by atoms with Gasteiger partial charge in [0.2, 0.25) is 17.4 Å². The lowest BCUT2D eigenvalue weighted by Gasteiger charge is -2.51. The third-order valence-electron chi connectivity index (χ3n) is 4.32. The summed E-state index contributed by atoms with van der Waals surface area (Å²) in [5, 5.41) is 50.0. The Morgan fingerprint density at radius 3 is 2.08 bits per heavy atom. The summed E-state index contributed by atoms with van der Waals surface area (Å²) in [7, 11) is 0. The largest absolute Gasteiger partial charge is 0.412 e. The Morgan fingerprint density at radius 1 is 1.12 bits per heavy atom. The van der Waals surface area contributed by atoms with E-state index >= 15 is 0 Å². The second-order valence-corrected chi connectivity index (χ2v) is 5.71. The molecular formula is C12H17N3O10. The van der Waals surface area contributed by atoms with Gasteiger partial charge in [-0.2, -0.15) is 5.48 Å². The molecule has 1 saturated heterocycles. The van der Waals surface area contributed by atoms with Crippen molar-refractivity contribution in [3.8, 4) is 0 Å². The molecule has 0 spiro atoms. The quantitative estimate of drug-likeness (QED) is 0.109. The Labute approximate surface area is 139 Å². The van der Waals surface area contributed by atoms with Gasteiger partial charge in [0.25, 0.3) is 0 Å². The fourth-order valence-corrected chi connectivity index (χ4v) is 3.14. The number of amides is 3. The number of likely N-dealkylation sites (tertiary alicyclic amines) is 1. The number of carbonyl (C=O) groups is 4. The van der Waals surface area contributed by atoms with E-state index in [0.29, 0.717) is 4.90 Å². The van der Waals surface area contributed by atoms with E-state index in [1.807, 2.05) is 0 Å². The van der Waals surface area contributed by atoms with Crippen LogP contribution in [0.2, 0.25) is 0 Å². The Morgan fingerprint density at radius 2 is 1.64 bits per heavy atom. The Kier molecular flexibility index (Phi) is 5.08. The van der Waals surface area contributed by atoms with Gasteiger partial charge >= 0.3 is 12.1 Å². The van der Waals surface area contributed by atoms with Crippen molar-refractivity contribution in [1.82, 2.24) is 10.4 Å². The van der Waals surface area contributed by atoms with E-state index in [1.165, 1.54) is 5.48 Å². The Bertz CT molecular complexity index is 596. The van der Waals surface area contributed by atoms with Crippen LogP contribution in [-0.4, -0.2) is 90.4 Å². The SMILES string of the molecule is NC(=O)OC(=O)C1(O)C(NO)[C@@H](O)C(O)[C@H](O)C1N1C(=O)CCC1=O. The van der Waals surface area contributed by atoms with Crippen LogP contribution in [0.15, 0.2) is 0 Å². The van der Waals surface area contributed by atoms with Crippen LogP contribution in [0.3, 0.4) is 0 Å². The molecule has 8 N–H and O–H groups in total. The average molecular weight is 363 g/mol. The third kappa shape index (κ3) is 2.86. The molecule has 1 saturated carbocycles. The highest BCUT2D eigenvalue weighted by Gasteiger charge is 2.67. The lowest BCUT2D eigenvalue weighted by molar-refractivity contribution is -0.233. The third-order valence-corrected chi connectivity index (χ3v) is 4.32. The van der Waals surface area contributed by atoms with E-state index in [4.69, 9.17) is 5.73 Å². The Balaban J connectivity index is 2.60. The van der Waals surface area contributed by atoms with Crippen molar-refractivity contribution < 1.29 is 49.5 Å². The molecule has 2 rings (SSSR count). The predicted molar refractivity (Wildman–Crippen MR) is 72.2 cm³/mol. The zero-order valence-corrected chi connectivity index (χ0v) is 12.6. The molecule has 1 aliphatic heterocycles. The van der Waals surface area contributed by atoms with Gasteiger partial charge < -0.3 is 36.1 Å².